The summed E-state index contributed by atoms with van der Waals surface area (Å²) in [5, 5.41) is 1.83. The molecule has 206 valence electrons. The lowest BCUT2D eigenvalue weighted by molar-refractivity contribution is 0.629. The fraction of sp³-hybridized carbons (Fsp3) is 0. The van der Waals surface area contributed by atoms with Gasteiger partial charge in [0, 0.05) is 27.5 Å². The molecule has 0 radical (unpaired) electrons. The van der Waals surface area contributed by atoms with Crippen molar-refractivity contribution in [3.8, 4) is 28.2 Å². The van der Waals surface area contributed by atoms with Crippen LogP contribution in [0.2, 0.25) is 0 Å². The zero-order valence-electron chi connectivity index (χ0n) is 23.6. The van der Waals surface area contributed by atoms with E-state index in [1.165, 1.54) is 0 Å². The largest absolute Gasteiger partial charge is 0.308 e. The lowest BCUT2D eigenvalue weighted by Crippen LogP contribution is -1.97. The van der Waals surface area contributed by atoms with Crippen molar-refractivity contribution in [2.24, 2.45) is 0 Å². The Hall–Kier alpha value is -5.87. The number of halogens is 1. The van der Waals surface area contributed by atoms with Crippen molar-refractivity contribution in [2.75, 3.05) is 0 Å². The number of hydrogen-bond donors (Lipinski definition) is 0. The second-order valence-corrected chi connectivity index (χ2v) is 11.2. The minimum atomic E-state index is -0.264. The highest BCUT2D eigenvalue weighted by Gasteiger charge is 2.24. The van der Waals surface area contributed by atoms with Crippen LogP contribution in [0.1, 0.15) is 16.7 Å². The van der Waals surface area contributed by atoms with Gasteiger partial charge in [0.2, 0.25) is 0 Å². The zero-order valence-corrected chi connectivity index (χ0v) is 23.6. The molecule has 0 spiro atoms. The van der Waals surface area contributed by atoms with E-state index in [1.807, 2.05) is 60.7 Å². The summed E-state index contributed by atoms with van der Waals surface area (Å²) in [5.74, 6) is -0.264. The first-order chi connectivity index (χ1) is 21.7. The molecule has 4 heteroatoms. The molecule has 9 rings (SSSR count). The van der Waals surface area contributed by atoms with Crippen LogP contribution in [0, 0.1) is 5.82 Å². The van der Waals surface area contributed by atoms with Crippen LogP contribution in [0.4, 0.5) is 4.39 Å². The van der Waals surface area contributed by atoms with Crippen LogP contribution >= 0.6 is 0 Å². The van der Waals surface area contributed by atoms with E-state index in [9.17, 15) is 0 Å². The Labute approximate surface area is 253 Å². The smallest absolute Gasteiger partial charge is 0.124 e. The molecular weight excluding hydrogens is 541 g/mol. The van der Waals surface area contributed by atoms with Crippen LogP contribution in [0.25, 0.3) is 72.7 Å². The molecule has 1 aliphatic rings. The van der Waals surface area contributed by atoms with Crippen molar-refractivity contribution in [3.63, 3.8) is 0 Å². The number of rotatable bonds is 3. The normalized spacial score (nSPS) is 12.3. The van der Waals surface area contributed by atoms with E-state index in [0.717, 1.165) is 83.3 Å². The molecule has 3 heterocycles. The van der Waals surface area contributed by atoms with Gasteiger partial charge in [0.05, 0.1) is 39.1 Å². The maximum atomic E-state index is 15.6. The van der Waals surface area contributed by atoms with Gasteiger partial charge in [-0.1, -0.05) is 97.1 Å². The van der Waals surface area contributed by atoms with Crippen molar-refractivity contribution in [2.45, 2.75) is 0 Å². The van der Waals surface area contributed by atoms with E-state index in [0.29, 0.717) is 0 Å². The first kappa shape index (κ1) is 24.7. The van der Waals surface area contributed by atoms with Gasteiger partial charge in [-0.25, -0.2) is 14.4 Å². The lowest BCUT2D eigenvalue weighted by Gasteiger charge is -2.12. The molecule has 0 bridgehead atoms. The molecule has 0 saturated carbocycles. The van der Waals surface area contributed by atoms with E-state index < -0.39 is 0 Å². The first-order valence-electron chi connectivity index (χ1n) is 14.7. The number of fused-ring (bicyclic) bond motifs is 6. The Bertz CT molecular complexity index is 2440. The van der Waals surface area contributed by atoms with Crippen molar-refractivity contribution in [1.82, 2.24) is 14.5 Å². The summed E-state index contributed by atoms with van der Waals surface area (Å²) >= 11 is 0. The van der Waals surface area contributed by atoms with E-state index in [4.69, 9.17) is 9.97 Å². The fourth-order valence-electron chi connectivity index (χ4n) is 6.62. The number of para-hydroxylation sites is 3. The molecule has 0 N–H and O–H groups in total. The summed E-state index contributed by atoms with van der Waals surface area (Å²) in [4.78, 5) is 10.2. The Kier molecular flexibility index (Phi) is 5.38. The highest BCUT2D eigenvalue weighted by molar-refractivity contribution is 6.16. The summed E-state index contributed by atoms with van der Waals surface area (Å²) in [6.07, 6.45) is 2.18. The maximum absolute atomic E-state index is 15.6. The third-order valence-corrected chi connectivity index (χ3v) is 8.57. The van der Waals surface area contributed by atoms with Crippen molar-refractivity contribution < 1.29 is 4.39 Å². The summed E-state index contributed by atoms with van der Waals surface area (Å²) in [6.45, 7) is 0. The number of hydrogen-bond acceptors (Lipinski definition) is 2. The average molecular weight is 566 g/mol. The van der Waals surface area contributed by atoms with E-state index in [1.54, 1.807) is 12.1 Å². The SMILES string of the molecule is Fc1cc2c3c(c1)c1cc(-c4nc5ccccc5nc4-c4ccccc4)ccc1n3-c1ccccc1C=C2c1ccccc1. The lowest BCUT2D eigenvalue weighted by atomic mass is 9.94. The summed E-state index contributed by atoms with van der Waals surface area (Å²) in [5.41, 5.74) is 12.3. The summed E-state index contributed by atoms with van der Waals surface area (Å²) < 4.78 is 17.9. The predicted molar refractivity (Wildman–Crippen MR) is 178 cm³/mol. The Morgan fingerprint density at radius 2 is 1.16 bits per heavy atom. The van der Waals surface area contributed by atoms with Gasteiger partial charge in [0.25, 0.3) is 0 Å². The number of benzene rings is 6. The van der Waals surface area contributed by atoms with Crippen LogP contribution < -0.4 is 0 Å². The Morgan fingerprint density at radius 1 is 0.523 bits per heavy atom. The van der Waals surface area contributed by atoms with Crippen LogP contribution in [0.15, 0.2) is 140 Å². The van der Waals surface area contributed by atoms with Gasteiger partial charge < -0.3 is 4.57 Å². The second-order valence-electron chi connectivity index (χ2n) is 11.2. The maximum Gasteiger partial charge on any atom is 0.124 e. The molecule has 0 saturated heterocycles. The highest BCUT2D eigenvalue weighted by Crippen LogP contribution is 2.44. The zero-order chi connectivity index (χ0) is 29.2. The highest BCUT2D eigenvalue weighted by atomic mass is 19.1. The molecule has 2 aromatic heterocycles. The van der Waals surface area contributed by atoms with Crippen LogP contribution in [-0.2, 0) is 0 Å². The second kappa shape index (κ2) is 9.58. The quantitative estimate of drug-likeness (QED) is 0.213. The average Bonchev–Trinajstić information content (AvgIpc) is 3.32. The Morgan fingerprint density at radius 3 is 1.91 bits per heavy atom. The van der Waals surface area contributed by atoms with Crippen LogP contribution in [0.5, 0.6) is 0 Å². The van der Waals surface area contributed by atoms with Gasteiger partial charge in [0.15, 0.2) is 0 Å². The molecule has 44 heavy (non-hydrogen) atoms. The van der Waals surface area contributed by atoms with E-state index in [2.05, 4.69) is 77.4 Å². The molecule has 0 unspecified atom stereocenters. The van der Waals surface area contributed by atoms with Gasteiger partial charge in [-0.3, -0.25) is 0 Å². The molecule has 1 aliphatic heterocycles. The van der Waals surface area contributed by atoms with Gasteiger partial charge in [-0.15, -0.1) is 0 Å². The molecule has 0 atom stereocenters. The van der Waals surface area contributed by atoms with Crippen LogP contribution in [0.3, 0.4) is 0 Å². The van der Waals surface area contributed by atoms with Gasteiger partial charge in [-0.2, -0.15) is 0 Å². The number of nitrogens with zero attached hydrogens (tertiary/aromatic N) is 3. The molecule has 6 aromatic carbocycles. The molecule has 8 aromatic rings. The van der Waals surface area contributed by atoms with Crippen LogP contribution in [-0.4, -0.2) is 14.5 Å². The van der Waals surface area contributed by atoms with E-state index in [-0.39, 0.29) is 5.82 Å². The predicted octanol–water partition coefficient (Wildman–Crippen LogP) is 10.1. The minimum Gasteiger partial charge on any atom is -0.308 e. The molecule has 0 amide bonds. The molecule has 0 aliphatic carbocycles. The van der Waals surface area contributed by atoms with Gasteiger partial charge in [0.1, 0.15) is 5.82 Å². The first-order valence-corrected chi connectivity index (χ1v) is 14.7. The van der Waals surface area contributed by atoms with Gasteiger partial charge >= 0.3 is 0 Å². The molecule has 0 fully saturated rings. The van der Waals surface area contributed by atoms with Crippen molar-refractivity contribution >= 4 is 44.5 Å². The minimum absolute atomic E-state index is 0.264. The third kappa shape index (κ3) is 3.74. The van der Waals surface area contributed by atoms with E-state index >= 15 is 4.39 Å². The summed E-state index contributed by atoms with van der Waals surface area (Å²) in [7, 11) is 0. The van der Waals surface area contributed by atoms with Gasteiger partial charge in [-0.05, 0) is 65.2 Å². The fourth-order valence-corrected chi connectivity index (χ4v) is 6.62. The molecule has 3 nitrogen and oxygen atoms in total. The van der Waals surface area contributed by atoms with Crippen molar-refractivity contribution in [1.29, 1.82) is 0 Å². The topological polar surface area (TPSA) is 30.7 Å². The third-order valence-electron chi connectivity index (χ3n) is 8.57. The monoisotopic (exact) mass is 565 g/mol. The molecular formula is C40H24FN3. The Balaban J connectivity index is 1.38. The number of aromatic nitrogens is 3. The van der Waals surface area contributed by atoms with Crippen molar-refractivity contribution in [3.05, 3.63) is 162 Å². The standard InChI is InChI=1S/C40H24FN3/c41-29-23-32-30(25-11-3-1-4-12-25)21-27-15-7-10-18-36(27)44-37-20-19-28(22-31(37)33(24-29)40(32)44)39-38(26-13-5-2-6-14-26)42-34-16-8-9-17-35(34)43-39/h1-24H. The summed E-state index contributed by atoms with van der Waals surface area (Å²) in [6, 6.07) is 46.5.